The van der Waals surface area contributed by atoms with Crippen LogP contribution in [0.3, 0.4) is 0 Å². The molecule has 2 atom stereocenters. The predicted octanol–water partition coefficient (Wildman–Crippen LogP) is 2.89. The second-order valence-corrected chi connectivity index (χ2v) is 3.92. The third-order valence-corrected chi connectivity index (χ3v) is 2.83. The Bertz CT molecular complexity index is 162. The van der Waals surface area contributed by atoms with Crippen LogP contribution in [0.1, 0.15) is 46.0 Å². The summed E-state index contributed by atoms with van der Waals surface area (Å²) in [4.78, 5) is 0. The van der Waals surface area contributed by atoms with E-state index in [2.05, 4.69) is 19.9 Å². The highest BCUT2D eigenvalue weighted by atomic mass is 16.3. The minimum absolute atomic E-state index is 0.472. The van der Waals surface area contributed by atoms with Gasteiger partial charge in [0.15, 0.2) is 0 Å². The van der Waals surface area contributed by atoms with Gasteiger partial charge < -0.3 is 5.11 Å². The molecule has 0 aromatic heterocycles. The van der Waals surface area contributed by atoms with Crippen LogP contribution < -0.4 is 0 Å². The highest BCUT2D eigenvalue weighted by molar-refractivity contribution is 5.07. The zero-order valence-electron chi connectivity index (χ0n) is 8.21. The molecule has 0 radical (unpaired) electrons. The summed E-state index contributed by atoms with van der Waals surface area (Å²) in [6.07, 6.45) is 9.52. The molecule has 1 aliphatic rings. The lowest BCUT2D eigenvalue weighted by Crippen LogP contribution is -2.29. The fourth-order valence-corrected chi connectivity index (χ4v) is 1.91. The second kappa shape index (κ2) is 4.08. The maximum Gasteiger partial charge on any atom is 0.0827 e. The number of allylic oxidation sites excluding steroid dienone is 1. The summed E-state index contributed by atoms with van der Waals surface area (Å²) >= 11 is 0. The Morgan fingerprint density at radius 3 is 2.67 bits per heavy atom. The van der Waals surface area contributed by atoms with Gasteiger partial charge in [0.1, 0.15) is 0 Å². The average molecular weight is 168 g/mol. The van der Waals surface area contributed by atoms with Crippen molar-refractivity contribution in [2.24, 2.45) is 5.92 Å². The van der Waals surface area contributed by atoms with Crippen LogP contribution in [0.25, 0.3) is 0 Å². The summed E-state index contributed by atoms with van der Waals surface area (Å²) in [6.45, 7) is 4.33. The van der Waals surface area contributed by atoms with Gasteiger partial charge in [0.2, 0.25) is 0 Å². The first kappa shape index (κ1) is 9.79. The molecule has 2 unspecified atom stereocenters. The molecule has 1 aliphatic carbocycles. The van der Waals surface area contributed by atoms with Crippen LogP contribution >= 0.6 is 0 Å². The molecular formula is C11H20O. The molecule has 0 aromatic rings. The molecule has 1 rings (SSSR count). The Balaban J connectivity index is 2.50. The summed E-state index contributed by atoms with van der Waals surface area (Å²) in [5.74, 6) is 0.710. The standard InChI is InChI=1S/C11H20O/c1-3-7-11(12)8-5-10(4-2)6-9-11/h5,8,10,12H,3-4,6-7,9H2,1-2H3. The quantitative estimate of drug-likeness (QED) is 0.642. The van der Waals surface area contributed by atoms with Crippen molar-refractivity contribution in [1.29, 1.82) is 0 Å². The van der Waals surface area contributed by atoms with Crippen molar-refractivity contribution in [3.8, 4) is 0 Å². The highest BCUT2D eigenvalue weighted by Crippen LogP contribution is 2.30. The summed E-state index contributed by atoms with van der Waals surface area (Å²) in [6, 6.07) is 0. The normalized spacial score (nSPS) is 35.4. The van der Waals surface area contributed by atoms with E-state index in [9.17, 15) is 5.11 Å². The molecule has 0 aliphatic heterocycles. The lowest BCUT2D eigenvalue weighted by molar-refractivity contribution is 0.0589. The summed E-state index contributed by atoms with van der Waals surface area (Å²) in [7, 11) is 0. The average Bonchev–Trinajstić information content (AvgIpc) is 2.06. The Morgan fingerprint density at radius 1 is 1.50 bits per heavy atom. The molecule has 0 fully saturated rings. The molecule has 1 nitrogen and oxygen atoms in total. The molecule has 0 saturated carbocycles. The van der Waals surface area contributed by atoms with Crippen molar-refractivity contribution in [1.82, 2.24) is 0 Å². The largest absolute Gasteiger partial charge is 0.386 e. The fourth-order valence-electron chi connectivity index (χ4n) is 1.91. The lowest BCUT2D eigenvalue weighted by atomic mass is 9.82. The monoisotopic (exact) mass is 168 g/mol. The van der Waals surface area contributed by atoms with Crippen LogP contribution in [-0.2, 0) is 0 Å². The fraction of sp³-hybridized carbons (Fsp3) is 0.818. The van der Waals surface area contributed by atoms with Gasteiger partial charge in [-0.15, -0.1) is 0 Å². The Hall–Kier alpha value is -0.300. The minimum atomic E-state index is -0.472. The van der Waals surface area contributed by atoms with Gasteiger partial charge in [0, 0.05) is 0 Å². The zero-order valence-corrected chi connectivity index (χ0v) is 8.21. The van der Waals surface area contributed by atoms with Crippen molar-refractivity contribution >= 4 is 0 Å². The van der Waals surface area contributed by atoms with Gasteiger partial charge >= 0.3 is 0 Å². The van der Waals surface area contributed by atoms with E-state index < -0.39 is 5.60 Å². The van der Waals surface area contributed by atoms with E-state index in [1.807, 2.05) is 6.08 Å². The zero-order chi connectivity index (χ0) is 9.03. The SMILES string of the molecule is CCCC1(O)C=CC(CC)CC1. The van der Waals surface area contributed by atoms with Crippen molar-refractivity contribution in [2.45, 2.75) is 51.6 Å². The topological polar surface area (TPSA) is 20.2 Å². The first-order valence-corrected chi connectivity index (χ1v) is 5.12. The van der Waals surface area contributed by atoms with Gasteiger partial charge in [0.25, 0.3) is 0 Å². The maximum atomic E-state index is 10.00. The smallest absolute Gasteiger partial charge is 0.0827 e. The summed E-state index contributed by atoms with van der Waals surface area (Å²) < 4.78 is 0. The highest BCUT2D eigenvalue weighted by Gasteiger charge is 2.26. The second-order valence-electron chi connectivity index (χ2n) is 3.92. The molecule has 0 heterocycles. The first-order valence-electron chi connectivity index (χ1n) is 5.12. The van der Waals surface area contributed by atoms with E-state index in [0.29, 0.717) is 5.92 Å². The predicted molar refractivity (Wildman–Crippen MR) is 52.0 cm³/mol. The Labute approximate surface area is 75.5 Å². The van der Waals surface area contributed by atoms with Crippen molar-refractivity contribution in [2.75, 3.05) is 0 Å². The van der Waals surface area contributed by atoms with Gasteiger partial charge in [-0.1, -0.05) is 32.4 Å². The van der Waals surface area contributed by atoms with Crippen molar-refractivity contribution < 1.29 is 5.11 Å². The van der Waals surface area contributed by atoms with Crippen molar-refractivity contribution in [3.63, 3.8) is 0 Å². The summed E-state index contributed by atoms with van der Waals surface area (Å²) in [5.41, 5.74) is -0.472. The summed E-state index contributed by atoms with van der Waals surface area (Å²) in [5, 5.41) is 10.00. The Kier molecular flexibility index (Phi) is 3.33. The molecule has 0 amide bonds. The van der Waals surface area contributed by atoms with Crippen LogP contribution in [-0.4, -0.2) is 10.7 Å². The number of hydrogen-bond donors (Lipinski definition) is 1. The van der Waals surface area contributed by atoms with Crippen LogP contribution in [0.15, 0.2) is 12.2 Å². The van der Waals surface area contributed by atoms with Gasteiger partial charge in [-0.25, -0.2) is 0 Å². The molecule has 70 valence electrons. The van der Waals surface area contributed by atoms with Gasteiger partial charge in [-0.3, -0.25) is 0 Å². The van der Waals surface area contributed by atoms with Crippen LogP contribution in [0, 0.1) is 5.92 Å². The maximum absolute atomic E-state index is 10.00. The third kappa shape index (κ3) is 2.34. The van der Waals surface area contributed by atoms with E-state index in [4.69, 9.17) is 0 Å². The molecule has 1 N–H and O–H groups in total. The molecule has 0 spiro atoms. The molecule has 0 aromatic carbocycles. The molecule has 0 bridgehead atoms. The van der Waals surface area contributed by atoms with Gasteiger partial charge in [-0.05, 0) is 31.6 Å². The number of aliphatic hydroxyl groups is 1. The van der Waals surface area contributed by atoms with E-state index in [1.54, 1.807) is 0 Å². The minimum Gasteiger partial charge on any atom is -0.386 e. The van der Waals surface area contributed by atoms with Gasteiger partial charge in [-0.2, -0.15) is 0 Å². The van der Waals surface area contributed by atoms with Crippen LogP contribution in [0.2, 0.25) is 0 Å². The van der Waals surface area contributed by atoms with E-state index >= 15 is 0 Å². The first-order chi connectivity index (χ1) is 5.70. The molecule has 0 saturated heterocycles. The molecule has 1 heteroatoms. The molecular weight excluding hydrogens is 148 g/mol. The third-order valence-electron chi connectivity index (χ3n) is 2.83. The van der Waals surface area contributed by atoms with Crippen LogP contribution in [0.5, 0.6) is 0 Å². The van der Waals surface area contributed by atoms with E-state index in [1.165, 1.54) is 6.42 Å². The van der Waals surface area contributed by atoms with E-state index in [0.717, 1.165) is 25.7 Å². The molecule has 12 heavy (non-hydrogen) atoms. The van der Waals surface area contributed by atoms with Crippen LogP contribution in [0.4, 0.5) is 0 Å². The van der Waals surface area contributed by atoms with Crippen molar-refractivity contribution in [3.05, 3.63) is 12.2 Å². The van der Waals surface area contributed by atoms with Gasteiger partial charge in [0.05, 0.1) is 5.60 Å². The number of rotatable bonds is 3. The van der Waals surface area contributed by atoms with E-state index in [-0.39, 0.29) is 0 Å². The number of hydrogen-bond acceptors (Lipinski definition) is 1. The Morgan fingerprint density at radius 2 is 2.25 bits per heavy atom. The lowest BCUT2D eigenvalue weighted by Gasteiger charge is -2.30.